The maximum atomic E-state index is 12.2. The largest absolute Gasteiger partial charge is 0.486 e. The minimum Gasteiger partial charge on any atom is -0.486 e. The van der Waals surface area contributed by atoms with E-state index in [-0.39, 0.29) is 30.2 Å². The van der Waals surface area contributed by atoms with Gasteiger partial charge in [0.15, 0.2) is 5.76 Å². The molecule has 0 bridgehead atoms. The van der Waals surface area contributed by atoms with E-state index in [0.717, 1.165) is 10.2 Å². The highest BCUT2D eigenvalue weighted by molar-refractivity contribution is 9.10. The van der Waals surface area contributed by atoms with Crippen molar-refractivity contribution in [3.05, 3.63) is 52.4 Å². The van der Waals surface area contributed by atoms with Gasteiger partial charge in [-0.2, -0.15) is 0 Å². The second-order valence-electron chi connectivity index (χ2n) is 5.52. The Morgan fingerprint density at radius 3 is 2.79 bits per heavy atom. The van der Waals surface area contributed by atoms with Crippen molar-refractivity contribution in [2.24, 2.45) is 0 Å². The molecule has 126 valence electrons. The van der Waals surface area contributed by atoms with Crippen molar-refractivity contribution in [2.75, 3.05) is 6.54 Å². The van der Waals surface area contributed by atoms with Crippen LogP contribution in [0, 0.1) is 0 Å². The van der Waals surface area contributed by atoms with Gasteiger partial charge in [0.05, 0.1) is 0 Å². The number of furan rings is 1. The van der Waals surface area contributed by atoms with Gasteiger partial charge in [-0.15, -0.1) is 0 Å². The van der Waals surface area contributed by atoms with Crippen LogP contribution in [0.15, 0.2) is 45.3 Å². The van der Waals surface area contributed by atoms with Gasteiger partial charge in [0.1, 0.15) is 18.1 Å². The highest BCUT2D eigenvalue weighted by Crippen LogP contribution is 2.18. The number of hydrogen-bond acceptors (Lipinski definition) is 4. The quantitative estimate of drug-likeness (QED) is 0.819. The van der Waals surface area contributed by atoms with Crippen LogP contribution in [0.4, 0.5) is 0 Å². The van der Waals surface area contributed by atoms with Gasteiger partial charge in [-0.1, -0.05) is 15.9 Å². The van der Waals surface area contributed by atoms with E-state index in [1.54, 1.807) is 12.1 Å². The second-order valence-corrected chi connectivity index (χ2v) is 6.44. The van der Waals surface area contributed by atoms with Crippen molar-refractivity contribution in [3.63, 3.8) is 0 Å². The Hall–Kier alpha value is -2.28. The maximum absolute atomic E-state index is 12.2. The van der Waals surface area contributed by atoms with Gasteiger partial charge in [-0.25, -0.2) is 0 Å². The van der Waals surface area contributed by atoms with Crippen LogP contribution in [0.5, 0.6) is 5.75 Å². The summed E-state index contributed by atoms with van der Waals surface area (Å²) < 4.78 is 12.1. The fourth-order valence-corrected chi connectivity index (χ4v) is 2.64. The molecule has 6 nitrogen and oxygen atoms in total. The highest BCUT2D eigenvalue weighted by Gasteiger charge is 2.21. The first-order valence-corrected chi connectivity index (χ1v) is 8.44. The molecule has 1 saturated heterocycles. The summed E-state index contributed by atoms with van der Waals surface area (Å²) in [5, 5.41) is 5.58. The summed E-state index contributed by atoms with van der Waals surface area (Å²) in [4.78, 5) is 23.3. The number of piperidine rings is 1. The van der Waals surface area contributed by atoms with Crippen molar-refractivity contribution in [1.29, 1.82) is 0 Å². The SMILES string of the molecule is O=C1CCC(NC(=O)c2ccc(COc3ccc(Br)cc3)o2)CN1. The Kier molecular flexibility index (Phi) is 5.20. The minimum atomic E-state index is -0.286. The van der Waals surface area contributed by atoms with Crippen LogP contribution in [-0.2, 0) is 11.4 Å². The van der Waals surface area contributed by atoms with Crippen LogP contribution in [0.25, 0.3) is 0 Å². The molecular formula is C17H17BrN2O4. The Morgan fingerprint density at radius 2 is 2.08 bits per heavy atom. The lowest BCUT2D eigenvalue weighted by atomic mass is 10.1. The van der Waals surface area contributed by atoms with E-state index < -0.39 is 0 Å². The number of benzene rings is 1. The van der Waals surface area contributed by atoms with Gasteiger partial charge >= 0.3 is 0 Å². The van der Waals surface area contributed by atoms with E-state index in [0.29, 0.717) is 25.1 Å². The number of nitrogens with one attached hydrogen (secondary N) is 2. The van der Waals surface area contributed by atoms with E-state index in [4.69, 9.17) is 9.15 Å². The Bertz CT molecular complexity index is 716. The monoisotopic (exact) mass is 392 g/mol. The lowest BCUT2D eigenvalue weighted by Crippen LogP contribution is -2.47. The van der Waals surface area contributed by atoms with E-state index in [1.165, 1.54) is 0 Å². The zero-order valence-corrected chi connectivity index (χ0v) is 14.5. The first-order chi connectivity index (χ1) is 11.6. The zero-order chi connectivity index (χ0) is 16.9. The Balaban J connectivity index is 1.51. The molecular weight excluding hydrogens is 376 g/mol. The molecule has 2 heterocycles. The molecule has 0 radical (unpaired) electrons. The van der Waals surface area contributed by atoms with E-state index in [1.807, 2.05) is 24.3 Å². The summed E-state index contributed by atoms with van der Waals surface area (Å²) in [5.41, 5.74) is 0. The molecule has 1 aliphatic rings. The molecule has 0 aliphatic carbocycles. The standard InChI is InChI=1S/C17H17BrN2O4/c18-11-1-4-13(5-2-11)23-10-14-6-7-15(24-14)17(22)20-12-3-8-16(21)19-9-12/h1-2,4-7,12H,3,8-10H2,(H,19,21)(H,20,22). The zero-order valence-electron chi connectivity index (χ0n) is 12.9. The predicted molar refractivity (Wildman–Crippen MR) is 90.7 cm³/mol. The summed E-state index contributed by atoms with van der Waals surface area (Å²) >= 11 is 3.36. The predicted octanol–water partition coefficient (Wildman–Crippen LogP) is 2.63. The van der Waals surface area contributed by atoms with E-state index >= 15 is 0 Å². The lowest BCUT2D eigenvalue weighted by Gasteiger charge is -2.22. The van der Waals surface area contributed by atoms with Crippen molar-refractivity contribution in [2.45, 2.75) is 25.5 Å². The van der Waals surface area contributed by atoms with Gasteiger partial charge in [-0.3, -0.25) is 9.59 Å². The van der Waals surface area contributed by atoms with Crippen LogP contribution in [0.3, 0.4) is 0 Å². The molecule has 2 aromatic rings. The topological polar surface area (TPSA) is 80.6 Å². The van der Waals surface area contributed by atoms with Crippen molar-refractivity contribution in [1.82, 2.24) is 10.6 Å². The highest BCUT2D eigenvalue weighted by atomic mass is 79.9. The van der Waals surface area contributed by atoms with Gasteiger partial charge in [0, 0.05) is 23.5 Å². The van der Waals surface area contributed by atoms with Crippen molar-refractivity contribution in [3.8, 4) is 5.75 Å². The third-order valence-electron chi connectivity index (χ3n) is 3.68. The average Bonchev–Trinajstić information content (AvgIpc) is 3.06. The molecule has 7 heteroatoms. The molecule has 1 aromatic heterocycles. The van der Waals surface area contributed by atoms with Crippen LogP contribution in [0.2, 0.25) is 0 Å². The number of rotatable bonds is 5. The number of hydrogen-bond donors (Lipinski definition) is 2. The molecule has 0 spiro atoms. The molecule has 2 N–H and O–H groups in total. The first-order valence-electron chi connectivity index (χ1n) is 7.65. The smallest absolute Gasteiger partial charge is 0.287 e. The first kappa shape index (κ1) is 16.6. The van der Waals surface area contributed by atoms with Crippen molar-refractivity contribution < 1.29 is 18.7 Å². The second kappa shape index (κ2) is 7.53. The summed E-state index contributed by atoms with van der Waals surface area (Å²) in [6.07, 6.45) is 1.06. The van der Waals surface area contributed by atoms with Gasteiger partial charge in [0.25, 0.3) is 5.91 Å². The molecule has 1 aromatic carbocycles. The molecule has 1 atom stereocenters. The molecule has 1 fully saturated rings. The normalized spacial score (nSPS) is 17.2. The third-order valence-corrected chi connectivity index (χ3v) is 4.21. The van der Waals surface area contributed by atoms with Crippen LogP contribution in [-0.4, -0.2) is 24.4 Å². The van der Waals surface area contributed by atoms with Gasteiger partial charge in [-0.05, 0) is 42.8 Å². The summed E-state index contributed by atoms with van der Waals surface area (Å²) in [6, 6.07) is 10.7. The number of ether oxygens (including phenoxy) is 1. The van der Waals surface area contributed by atoms with Crippen LogP contribution < -0.4 is 15.4 Å². The molecule has 0 saturated carbocycles. The third kappa shape index (κ3) is 4.38. The summed E-state index contributed by atoms with van der Waals surface area (Å²) in [5.74, 6) is 1.26. The Labute approximate surface area is 147 Å². The lowest BCUT2D eigenvalue weighted by molar-refractivity contribution is -0.122. The molecule has 2 amide bonds. The molecule has 1 aliphatic heterocycles. The summed E-state index contributed by atoms with van der Waals surface area (Å²) in [6.45, 7) is 0.694. The maximum Gasteiger partial charge on any atom is 0.287 e. The van der Waals surface area contributed by atoms with Gasteiger partial charge < -0.3 is 19.8 Å². The Morgan fingerprint density at radius 1 is 1.29 bits per heavy atom. The molecule has 24 heavy (non-hydrogen) atoms. The number of amides is 2. The number of carbonyl (C=O) groups is 2. The minimum absolute atomic E-state index is 0.0193. The van der Waals surface area contributed by atoms with Crippen molar-refractivity contribution >= 4 is 27.7 Å². The fraction of sp³-hybridized carbons (Fsp3) is 0.294. The molecule has 1 unspecified atom stereocenters. The van der Waals surface area contributed by atoms with E-state index in [9.17, 15) is 9.59 Å². The number of halogens is 1. The van der Waals surface area contributed by atoms with Crippen LogP contribution in [0.1, 0.15) is 29.2 Å². The number of carbonyl (C=O) groups excluding carboxylic acids is 2. The van der Waals surface area contributed by atoms with Crippen LogP contribution >= 0.6 is 15.9 Å². The average molecular weight is 393 g/mol. The fourth-order valence-electron chi connectivity index (χ4n) is 2.38. The van der Waals surface area contributed by atoms with E-state index in [2.05, 4.69) is 26.6 Å². The summed E-state index contributed by atoms with van der Waals surface area (Å²) in [7, 11) is 0. The molecule has 3 rings (SSSR count). The van der Waals surface area contributed by atoms with Gasteiger partial charge in [0.2, 0.25) is 5.91 Å².